The molecule has 0 radical (unpaired) electrons. The maximum Gasteiger partial charge on any atom is 0.187 e. The Bertz CT molecular complexity index is 1160. The van der Waals surface area contributed by atoms with Crippen molar-refractivity contribution in [2.75, 3.05) is 26.3 Å². The number of hydrogen-bond acceptors (Lipinski definition) is 24. The van der Waals surface area contributed by atoms with Gasteiger partial charge in [0, 0.05) is 25.2 Å². The zero-order valence-corrected chi connectivity index (χ0v) is 28.6. The normalized spacial score (nSPS) is 53.9. The molecule has 0 amide bonds. The molecule has 5 aliphatic rings. The molecule has 22 N–H and O–H groups in total. The molecule has 4 heterocycles. The number of aliphatic hydroxyl groups is 10. The second-order valence-corrected chi connectivity index (χ2v) is 14.1. The molecule has 1 saturated carbocycles. The van der Waals surface area contributed by atoms with Crippen LogP contribution in [-0.4, -0.2) is 224 Å². The Balaban J connectivity index is 1.37. The smallest absolute Gasteiger partial charge is 0.187 e. The molecule has 0 spiro atoms. The van der Waals surface area contributed by atoms with Gasteiger partial charge in [0.25, 0.3) is 0 Å². The quantitative estimate of drug-likeness (QED) is 0.0874. The third-order valence-corrected chi connectivity index (χ3v) is 10.5. The van der Waals surface area contributed by atoms with E-state index in [1.54, 1.807) is 0 Å². The first-order chi connectivity index (χ1) is 25.0. The predicted molar refractivity (Wildman–Crippen MR) is 171 cm³/mol. The van der Waals surface area contributed by atoms with Crippen molar-refractivity contribution in [3.63, 3.8) is 0 Å². The molecule has 24 heteroatoms. The van der Waals surface area contributed by atoms with Crippen LogP contribution in [0.25, 0.3) is 0 Å². The van der Waals surface area contributed by atoms with Crippen LogP contribution >= 0.6 is 0 Å². The first kappa shape index (κ1) is 43.2. The molecule has 4 saturated heterocycles. The second kappa shape index (κ2) is 18.1. The lowest BCUT2D eigenvalue weighted by molar-refractivity contribution is -0.315. The number of aliphatic hydroxyl groups excluding tert-OH is 10. The molecule has 24 nitrogen and oxygen atoms in total. The summed E-state index contributed by atoms with van der Waals surface area (Å²) in [5.74, 6) is 0. The summed E-state index contributed by atoms with van der Waals surface area (Å²) in [5.41, 5.74) is 36.1. The highest BCUT2D eigenvalue weighted by atomic mass is 16.8. The molecule has 0 unspecified atom stereocenters. The van der Waals surface area contributed by atoms with E-state index in [1.165, 1.54) is 0 Å². The molecule has 0 bridgehead atoms. The molecular formula is C29H56N6O18. The van der Waals surface area contributed by atoms with Crippen molar-refractivity contribution < 1.29 is 89.0 Å². The van der Waals surface area contributed by atoms with Gasteiger partial charge in [0.1, 0.15) is 91.6 Å². The maximum atomic E-state index is 11.6. The van der Waals surface area contributed by atoms with Crippen LogP contribution in [0.5, 0.6) is 0 Å². The van der Waals surface area contributed by atoms with Gasteiger partial charge in [-0.15, -0.1) is 0 Å². The summed E-state index contributed by atoms with van der Waals surface area (Å²) in [5, 5.41) is 105. The highest BCUT2D eigenvalue weighted by Gasteiger charge is 2.55. The largest absolute Gasteiger partial charge is 0.394 e. The van der Waals surface area contributed by atoms with Crippen molar-refractivity contribution in [2.24, 2.45) is 34.4 Å². The van der Waals surface area contributed by atoms with Crippen molar-refractivity contribution in [1.82, 2.24) is 0 Å². The van der Waals surface area contributed by atoms with Crippen LogP contribution in [0.3, 0.4) is 0 Å². The van der Waals surface area contributed by atoms with Gasteiger partial charge in [-0.05, 0) is 6.42 Å². The van der Waals surface area contributed by atoms with E-state index < -0.39 is 160 Å². The fourth-order valence-corrected chi connectivity index (χ4v) is 7.12. The van der Waals surface area contributed by atoms with Crippen molar-refractivity contribution in [3.05, 3.63) is 0 Å². The lowest BCUT2D eigenvalue weighted by Gasteiger charge is -2.47. The van der Waals surface area contributed by atoms with E-state index in [-0.39, 0.29) is 19.5 Å². The lowest BCUT2D eigenvalue weighted by Crippen LogP contribution is -2.68. The van der Waals surface area contributed by atoms with Crippen LogP contribution in [0, 0.1) is 0 Å². The van der Waals surface area contributed by atoms with Gasteiger partial charge in [-0.3, -0.25) is 0 Å². The average molecular weight is 777 g/mol. The molecule has 1 aliphatic carbocycles. The Labute approximate surface area is 303 Å². The highest BCUT2D eigenvalue weighted by Crippen LogP contribution is 2.35. The number of ether oxygens (including phenoxy) is 8. The Hall–Kier alpha value is -0.960. The molecular weight excluding hydrogens is 720 g/mol. The summed E-state index contributed by atoms with van der Waals surface area (Å²) in [4.78, 5) is 0. The molecule has 5 rings (SSSR count). The van der Waals surface area contributed by atoms with Gasteiger partial charge in [0.2, 0.25) is 0 Å². The monoisotopic (exact) mass is 776 g/mol. The minimum absolute atomic E-state index is 0.0158. The average Bonchev–Trinajstić information content (AvgIpc) is 3.43. The van der Waals surface area contributed by atoms with Gasteiger partial charge >= 0.3 is 0 Å². The molecule has 0 aromatic carbocycles. The first-order valence-corrected chi connectivity index (χ1v) is 17.4. The summed E-state index contributed by atoms with van der Waals surface area (Å²) < 4.78 is 46.6. The van der Waals surface area contributed by atoms with Gasteiger partial charge in [-0.25, -0.2) is 0 Å². The van der Waals surface area contributed by atoms with Gasteiger partial charge in [0.15, 0.2) is 25.2 Å². The minimum atomic E-state index is -1.80. The molecule has 0 aromatic rings. The molecule has 4 aliphatic heterocycles. The van der Waals surface area contributed by atoms with E-state index >= 15 is 0 Å². The Kier molecular flexibility index (Phi) is 14.7. The predicted octanol–water partition coefficient (Wildman–Crippen LogP) is -11.1. The topological polar surface area (TPSA) is 432 Å². The van der Waals surface area contributed by atoms with Gasteiger partial charge < -0.3 is 123 Å². The molecule has 53 heavy (non-hydrogen) atoms. The highest BCUT2D eigenvalue weighted by molar-refractivity contribution is 5.02. The maximum absolute atomic E-state index is 11.6. The van der Waals surface area contributed by atoms with Gasteiger partial charge in [-0.1, -0.05) is 0 Å². The van der Waals surface area contributed by atoms with E-state index in [0.29, 0.717) is 0 Å². The zero-order valence-electron chi connectivity index (χ0n) is 28.6. The van der Waals surface area contributed by atoms with E-state index in [1.807, 2.05) is 0 Å². The number of rotatable bonds is 12. The van der Waals surface area contributed by atoms with Crippen LogP contribution in [0.1, 0.15) is 6.42 Å². The molecule has 0 aromatic heterocycles. The first-order valence-electron chi connectivity index (χ1n) is 17.4. The van der Waals surface area contributed by atoms with Crippen molar-refractivity contribution >= 4 is 0 Å². The summed E-state index contributed by atoms with van der Waals surface area (Å²) >= 11 is 0. The standard InChI is InChI=1S/C29H56N6O18/c30-2-8-15(38)18(41)12(34)26(47-8)51-23-7(33)1-6(32)14(37)25(23)53-29-22(45)24(52-27-13(35)19(42)16(39)9(3-31)48-27)11(50-29)5-46-28-21(44)20(43)17(40)10(4-36)49-28/h6-29,36-45H,1-5,30-35H2/t6-,7+,8+,9+,10+,11-,12+,13+,14+,15+,16+,17+,18+,19+,20-,21+,22+,23-,24-,25-,26-,27-,28+,29-/m1/s1. The van der Waals surface area contributed by atoms with E-state index in [0.717, 1.165) is 0 Å². The van der Waals surface area contributed by atoms with Crippen LogP contribution in [0.4, 0.5) is 0 Å². The van der Waals surface area contributed by atoms with E-state index in [9.17, 15) is 51.1 Å². The number of hydrogen-bond donors (Lipinski definition) is 16. The summed E-state index contributed by atoms with van der Waals surface area (Å²) in [6, 6.07) is -4.58. The lowest BCUT2D eigenvalue weighted by atomic mass is 9.84. The van der Waals surface area contributed by atoms with Crippen molar-refractivity contribution in [1.29, 1.82) is 0 Å². The third kappa shape index (κ3) is 8.81. The fraction of sp³-hybridized carbons (Fsp3) is 1.00. The van der Waals surface area contributed by atoms with Crippen LogP contribution < -0.4 is 34.4 Å². The summed E-state index contributed by atoms with van der Waals surface area (Å²) in [7, 11) is 0. The Morgan fingerprint density at radius 2 is 0.925 bits per heavy atom. The summed E-state index contributed by atoms with van der Waals surface area (Å²) in [6.07, 6.45) is -29.8. The van der Waals surface area contributed by atoms with Crippen LogP contribution in [0.15, 0.2) is 0 Å². The third-order valence-electron chi connectivity index (χ3n) is 10.5. The fourth-order valence-electron chi connectivity index (χ4n) is 7.12. The zero-order chi connectivity index (χ0) is 39.0. The van der Waals surface area contributed by atoms with Crippen molar-refractivity contribution in [2.45, 2.75) is 153 Å². The minimum Gasteiger partial charge on any atom is -0.394 e. The van der Waals surface area contributed by atoms with Crippen molar-refractivity contribution in [3.8, 4) is 0 Å². The number of nitrogens with two attached hydrogens (primary N) is 6. The molecule has 24 atom stereocenters. The Morgan fingerprint density at radius 1 is 0.453 bits per heavy atom. The van der Waals surface area contributed by atoms with Gasteiger partial charge in [0.05, 0.1) is 31.4 Å². The van der Waals surface area contributed by atoms with Gasteiger partial charge in [-0.2, -0.15) is 0 Å². The van der Waals surface area contributed by atoms with E-state index in [4.69, 9.17) is 72.3 Å². The molecule has 5 fully saturated rings. The Morgan fingerprint density at radius 3 is 1.45 bits per heavy atom. The van der Waals surface area contributed by atoms with Crippen LogP contribution in [-0.2, 0) is 37.9 Å². The van der Waals surface area contributed by atoms with Crippen LogP contribution in [0.2, 0.25) is 0 Å². The SMILES string of the molecule is NC[C@@H]1O[C@H](O[C@H]2[C@H](O[C@H]3O[C@H](CO[C@H]4O[C@@H](CO)[C@H](O)[C@@H](O)[C@@H]4O)[C@@H](O[C@H]4O[C@@H](CN)[C@H](O)[C@@H](O)[C@@H]4N)[C@@H]3O)[C@@H](O)[C@H](N)C[C@@H]2N)[C@@H](N)[C@H](O)[C@H]1O. The van der Waals surface area contributed by atoms with E-state index in [2.05, 4.69) is 0 Å². The summed E-state index contributed by atoms with van der Waals surface area (Å²) in [6.45, 7) is -1.78. The molecule has 310 valence electrons. The second-order valence-electron chi connectivity index (χ2n) is 14.1.